The third-order valence-electron chi connectivity index (χ3n) is 4.38. The van der Waals surface area contributed by atoms with Crippen LogP contribution in [0.4, 0.5) is 5.69 Å². The van der Waals surface area contributed by atoms with Crippen LogP contribution < -0.4 is 10.3 Å². The third-order valence-corrected chi connectivity index (χ3v) is 5.33. The number of anilines is 1. The van der Waals surface area contributed by atoms with E-state index in [0.29, 0.717) is 0 Å². The molecule has 3 aromatic rings. The highest BCUT2D eigenvalue weighted by Gasteiger charge is 2.19. The lowest BCUT2D eigenvalue weighted by molar-refractivity contribution is 0.731. The number of hydrogen-bond acceptors (Lipinski definition) is 3. The quantitative estimate of drug-likeness (QED) is 0.673. The van der Waals surface area contributed by atoms with Crippen LogP contribution >= 0.6 is 11.3 Å². The molecule has 0 saturated carbocycles. The summed E-state index contributed by atoms with van der Waals surface area (Å²) in [5.74, 6) is 0. The minimum absolute atomic E-state index is 0.164. The molecule has 2 aromatic carbocycles. The third kappa shape index (κ3) is 2.22. The van der Waals surface area contributed by atoms with Crippen LogP contribution in [0.5, 0.6) is 0 Å². The van der Waals surface area contributed by atoms with Gasteiger partial charge in [-0.2, -0.15) is 0 Å². The first-order valence-electron chi connectivity index (χ1n) is 7.56. The van der Waals surface area contributed by atoms with E-state index in [0.717, 1.165) is 40.8 Å². The van der Waals surface area contributed by atoms with Crippen molar-refractivity contribution in [3.8, 4) is 0 Å². The van der Waals surface area contributed by atoms with E-state index in [1.54, 1.807) is 11.3 Å². The number of rotatable bonds is 1. The van der Waals surface area contributed by atoms with Gasteiger partial charge in [0, 0.05) is 28.6 Å². The maximum atomic E-state index is 12.9. The minimum Gasteiger partial charge on any atom is -0.363 e. The highest BCUT2D eigenvalue weighted by Crippen LogP contribution is 2.26. The predicted octanol–water partition coefficient (Wildman–Crippen LogP) is 4.13. The summed E-state index contributed by atoms with van der Waals surface area (Å²) in [6.07, 6.45) is 1.01. The van der Waals surface area contributed by atoms with Crippen molar-refractivity contribution >= 4 is 27.1 Å². The first kappa shape index (κ1) is 13.5. The summed E-state index contributed by atoms with van der Waals surface area (Å²) in [5.41, 5.74) is 4.89. The second-order valence-corrected chi connectivity index (χ2v) is 6.80. The Balaban J connectivity index is 1.79. The molecule has 0 amide bonds. The fraction of sp³-hybridized carbons (Fsp3) is 0.211. The van der Waals surface area contributed by atoms with E-state index in [4.69, 9.17) is 0 Å². The van der Waals surface area contributed by atoms with E-state index in [9.17, 15) is 4.79 Å². The molecule has 0 radical (unpaired) electrons. The lowest BCUT2D eigenvalue weighted by Gasteiger charge is -2.30. The fourth-order valence-electron chi connectivity index (χ4n) is 3.15. The van der Waals surface area contributed by atoms with Crippen LogP contribution in [-0.4, -0.2) is 6.54 Å². The number of benzene rings is 2. The maximum Gasteiger partial charge on any atom is 0.211 e. The lowest BCUT2D eigenvalue weighted by atomic mass is 9.99. The molecular weight excluding hydrogens is 290 g/mol. The van der Waals surface area contributed by atoms with E-state index in [1.165, 1.54) is 11.1 Å². The van der Waals surface area contributed by atoms with Gasteiger partial charge in [0.05, 0.1) is 5.69 Å². The topological polar surface area (TPSA) is 20.3 Å². The van der Waals surface area contributed by atoms with Crippen LogP contribution in [0, 0.1) is 6.92 Å². The van der Waals surface area contributed by atoms with Crippen LogP contribution in [0.25, 0.3) is 10.1 Å². The Morgan fingerprint density at radius 1 is 1.09 bits per heavy atom. The Morgan fingerprint density at radius 3 is 2.77 bits per heavy atom. The molecule has 0 saturated heterocycles. The zero-order valence-electron chi connectivity index (χ0n) is 12.5. The van der Waals surface area contributed by atoms with Gasteiger partial charge in [0.1, 0.15) is 0 Å². The molecule has 0 bridgehead atoms. The van der Waals surface area contributed by atoms with E-state index in [-0.39, 0.29) is 5.43 Å². The Labute approximate surface area is 133 Å². The largest absolute Gasteiger partial charge is 0.363 e. The molecule has 0 atom stereocenters. The van der Waals surface area contributed by atoms with Gasteiger partial charge in [0.15, 0.2) is 0 Å². The van der Waals surface area contributed by atoms with Crippen molar-refractivity contribution in [3.63, 3.8) is 0 Å². The molecule has 0 spiro atoms. The number of hydrogen-bond donors (Lipinski definition) is 0. The highest BCUT2D eigenvalue weighted by atomic mass is 32.1. The van der Waals surface area contributed by atoms with Gasteiger partial charge in [-0.05, 0) is 36.6 Å². The molecule has 1 aliphatic heterocycles. The van der Waals surface area contributed by atoms with Crippen molar-refractivity contribution in [2.75, 3.05) is 11.4 Å². The Bertz CT molecular complexity index is 913. The van der Waals surface area contributed by atoms with Gasteiger partial charge < -0.3 is 4.90 Å². The molecule has 22 heavy (non-hydrogen) atoms. The first-order chi connectivity index (χ1) is 10.7. The average Bonchev–Trinajstić information content (AvgIpc) is 2.55. The summed E-state index contributed by atoms with van der Waals surface area (Å²) in [7, 11) is 0. The minimum atomic E-state index is 0.164. The van der Waals surface area contributed by atoms with Crippen LogP contribution in [0.2, 0.25) is 0 Å². The van der Waals surface area contributed by atoms with Crippen LogP contribution in [0.15, 0.2) is 52.6 Å². The van der Waals surface area contributed by atoms with Crippen molar-refractivity contribution in [2.45, 2.75) is 19.9 Å². The van der Waals surface area contributed by atoms with Crippen molar-refractivity contribution in [2.24, 2.45) is 0 Å². The molecule has 2 nitrogen and oxygen atoms in total. The van der Waals surface area contributed by atoms with Crippen molar-refractivity contribution in [3.05, 3.63) is 74.8 Å². The normalized spacial score (nSPS) is 14.1. The van der Waals surface area contributed by atoms with E-state index in [1.807, 2.05) is 24.4 Å². The summed E-state index contributed by atoms with van der Waals surface area (Å²) in [5, 5.41) is 2.87. The Hall–Kier alpha value is -2.13. The van der Waals surface area contributed by atoms with Crippen LogP contribution in [0.3, 0.4) is 0 Å². The molecule has 1 aliphatic rings. The van der Waals surface area contributed by atoms with Gasteiger partial charge in [0.2, 0.25) is 5.43 Å². The Morgan fingerprint density at radius 2 is 1.91 bits per heavy atom. The second-order valence-electron chi connectivity index (χ2n) is 5.89. The zero-order chi connectivity index (χ0) is 15.1. The predicted molar refractivity (Wildman–Crippen MR) is 94.0 cm³/mol. The average molecular weight is 307 g/mol. The van der Waals surface area contributed by atoms with Gasteiger partial charge in [0.25, 0.3) is 0 Å². The van der Waals surface area contributed by atoms with Gasteiger partial charge in [-0.1, -0.05) is 35.9 Å². The summed E-state index contributed by atoms with van der Waals surface area (Å²) in [6.45, 7) is 3.78. The smallest absolute Gasteiger partial charge is 0.211 e. The summed E-state index contributed by atoms with van der Waals surface area (Å²) >= 11 is 1.66. The molecule has 1 aromatic heterocycles. The molecule has 0 aliphatic carbocycles. The van der Waals surface area contributed by atoms with Crippen molar-refractivity contribution < 1.29 is 0 Å². The second kappa shape index (κ2) is 5.25. The molecule has 2 heterocycles. The molecule has 0 fully saturated rings. The van der Waals surface area contributed by atoms with Gasteiger partial charge >= 0.3 is 0 Å². The highest BCUT2D eigenvalue weighted by molar-refractivity contribution is 7.16. The monoisotopic (exact) mass is 307 g/mol. The summed E-state index contributed by atoms with van der Waals surface area (Å²) in [4.78, 5) is 15.1. The summed E-state index contributed by atoms with van der Waals surface area (Å²) < 4.78 is 1.07. The van der Waals surface area contributed by atoms with E-state index >= 15 is 0 Å². The first-order valence-corrected chi connectivity index (χ1v) is 8.44. The van der Waals surface area contributed by atoms with Gasteiger partial charge in [-0.15, -0.1) is 11.3 Å². The Kier molecular flexibility index (Phi) is 3.23. The number of nitrogens with zero attached hydrogens (tertiary/aromatic N) is 1. The standard InChI is InChI=1S/C19H17NOS/c1-13-6-7-18-16(10-13)19(21)17(12-22-18)20-9-8-14-4-2-3-5-15(14)11-20/h2-7,10,12H,8-9,11H2,1H3. The molecule has 4 rings (SSSR count). The van der Waals surface area contributed by atoms with E-state index < -0.39 is 0 Å². The molecule has 0 N–H and O–H groups in total. The zero-order valence-corrected chi connectivity index (χ0v) is 13.3. The van der Waals surface area contributed by atoms with Crippen molar-refractivity contribution in [1.29, 1.82) is 0 Å². The van der Waals surface area contributed by atoms with E-state index in [2.05, 4.69) is 35.2 Å². The number of aryl methyl sites for hydroxylation is 1. The number of fused-ring (bicyclic) bond motifs is 2. The fourth-order valence-corrected chi connectivity index (χ4v) is 4.07. The van der Waals surface area contributed by atoms with Crippen LogP contribution in [0.1, 0.15) is 16.7 Å². The molecule has 110 valence electrons. The molecular formula is C19H17NOS. The molecule has 0 unspecified atom stereocenters. The van der Waals surface area contributed by atoms with Crippen LogP contribution in [-0.2, 0) is 13.0 Å². The SMILES string of the molecule is Cc1ccc2scc(N3CCc4ccccc4C3)c(=O)c2c1. The van der Waals surface area contributed by atoms with Gasteiger partial charge in [-0.3, -0.25) is 4.79 Å². The van der Waals surface area contributed by atoms with Crippen molar-refractivity contribution in [1.82, 2.24) is 0 Å². The van der Waals surface area contributed by atoms with Gasteiger partial charge in [-0.25, -0.2) is 0 Å². The summed E-state index contributed by atoms with van der Waals surface area (Å²) in [6, 6.07) is 14.6. The lowest BCUT2D eigenvalue weighted by Crippen LogP contribution is -2.33. The maximum absolute atomic E-state index is 12.9. The molecule has 3 heteroatoms.